The Balaban J connectivity index is 0.00000364. The summed E-state index contributed by atoms with van der Waals surface area (Å²) in [7, 11) is -3.26. The summed E-state index contributed by atoms with van der Waals surface area (Å²) in [5.41, 5.74) is 0. The van der Waals surface area contributed by atoms with Gasteiger partial charge in [0.05, 0.1) is 12.3 Å². The Morgan fingerprint density at radius 1 is 1.33 bits per heavy atom. The molecule has 0 unspecified atom stereocenters. The molecule has 0 aliphatic heterocycles. The first-order valence-electron chi connectivity index (χ1n) is 9.40. The first-order chi connectivity index (χ1) is 12.5. The molecular weight excluding hydrogens is 481 g/mol. The van der Waals surface area contributed by atoms with Crippen LogP contribution in [0.15, 0.2) is 11.3 Å². The van der Waals surface area contributed by atoms with Crippen LogP contribution in [-0.4, -0.2) is 61.1 Å². The van der Waals surface area contributed by atoms with Crippen molar-refractivity contribution in [2.45, 2.75) is 46.1 Å². The van der Waals surface area contributed by atoms with Crippen LogP contribution in [0.5, 0.6) is 0 Å². The fraction of sp³-hybridized carbons (Fsp3) is 0.812. The molecule has 27 heavy (non-hydrogen) atoms. The average Bonchev–Trinajstić information content (AvgIpc) is 3.00. The Kier molecular flexibility index (Phi) is 11.1. The summed E-state index contributed by atoms with van der Waals surface area (Å²) in [6.07, 6.45) is 6.01. The topological polar surface area (TPSA) is 113 Å². The highest BCUT2D eigenvalue weighted by molar-refractivity contribution is 14.0. The Morgan fingerprint density at radius 2 is 2.11 bits per heavy atom. The second kappa shape index (κ2) is 12.5. The molecule has 1 fully saturated rings. The van der Waals surface area contributed by atoms with Gasteiger partial charge in [0.15, 0.2) is 5.96 Å². The maximum absolute atomic E-state index is 12.0. The number of rotatable bonds is 11. The quantitative estimate of drug-likeness (QED) is 0.229. The Labute approximate surface area is 179 Å². The number of aromatic nitrogens is 3. The fourth-order valence-electron chi connectivity index (χ4n) is 2.67. The van der Waals surface area contributed by atoms with E-state index < -0.39 is 10.0 Å². The van der Waals surface area contributed by atoms with E-state index in [-0.39, 0.29) is 36.3 Å². The van der Waals surface area contributed by atoms with Crippen molar-refractivity contribution in [3.05, 3.63) is 12.2 Å². The summed E-state index contributed by atoms with van der Waals surface area (Å²) in [5, 5.41) is 14.3. The molecule has 0 aromatic carbocycles. The maximum atomic E-state index is 12.0. The third-order valence-electron chi connectivity index (χ3n) is 4.45. The maximum Gasteiger partial charge on any atom is 0.213 e. The lowest BCUT2D eigenvalue weighted by Crippen LogP contribution is -2.39. The number of nitrogens with zero attached hydrogens (tertiary/aromatic N) is 4. The number of hydrogen-bond acceptors (Lipinski definition) is 5. The minimum absolute atomic E-state index is 0. The summed E-state index contributed by atoms with van der Waals surface area (Å²) < 4.78 is 28.7. The van der Waals surface area contributed by atoms with Crippen LogP contribution < -0.4 is 15.4 Å². The highest BCUT2D eigenvalue weighted by atomic mass is 127. The number of aryl methyl sites for hydroxylation is 1. The third-order valence-corrected chi connectivity index (χ3v) is 5.77. The van der Waals surface area contributed by atoms with E-state index in [9.17, 15) is 8.42 Å². The molecule has 3 N–H and O–H groups in total. The first kappa shape index (κ1) is 24.1. The zero-order valence-electron chi connectivity index (χ0n) is 16.1. The van der Waals surface area contributed by atoms with Crippen LogP contribution in [0.3, 0.4) is 0 Å². The molecule has 0 bridgehead atoms. The number of sulfonamides is 1. The van der Waals surface area contributed by atoms with Crippen molar-refractivity contribution in [3.63, 3.8) is 0 Å². The third kappa shape index (κ3) is 8.73. The minimum Gasteiger partial charge on any atom is -0.357 e. The van der Waals surface area contributed by atoms with Crippen molar-refractivity contribution < 1.29 is 8.42 Å². The van der Waals surface area contributed by atoms with E-state index in [1.54, 1.807) is 6.33 Å². The van der Waals surface area contributed by atoms with Crippen LogP contribution in [0.4, 0.5) is 0 Å². The second-order valence-electron chi connectivity index (χ2n) is 6.45. The van der Waals surface area contributed by atoms with Gasteiger partial charge in [0.1, 0.15) is 12.2 Å². The van der Waals surface area contributed by atoms with Gasteiger partial charge in [-0.05, 0) is 25.7 Å². The Hall–Kier alpha value is -0.950. The molecule has 1 aromatic heterocycles. The molecule has 1 heterocycles. The molecule has 0 spiro atoms. The Morgan fingerprint density at radius 3 is 2.74 bits per heavy atom. The van der Waals surface area contributed by atoms with Gasteiger partial charge in [-0.1, -0.05) is 13.3 Å². The predicted octanol–water partition coefficient (Wildman–Crippen LogP) is 0.733. The fourth-order valence-corrected chi connectivity index (χ4v) is 3.63. The van der Waals surface area contributed by atoms with Gasteiger partial charge in [0.2, 0.25) is 10.0 Å². The van der Waals surface area contributed by atoms with Gasteiger partial charge in [-0.15, -0.1) is 34.2 Å². The molecule has 2 rings (SSSR count). The van der Waals surface area contributed by atoms with E-state index in [4.69, 9.17) is 0 Å². The van der Waals surface area contributed by atoms with E-state index >= 15 is 0 Å². The molecule has 1 aliphatic carbocycles. The lowest BCUT2D eigenvalue weighted by molar-refractivity contribution is 0.316. The van der Waals surface area contributed by atoms with Gasteiger partial charge in [-0.2, -0.15) is 0 Å². The summed E-state index contributed by atoms with van der Waals surface area (Å²) in [4.78, 5) is 4.36. The van der Waals surface area contributed by atoms with Gasteiger partial charge >= 0.3 is 0 Å². The number of guanidine groups is 1. The van der Waals surface area contributed by atoms with Crippen LogP contribution in [-0.2, 0) is 23.0 Å². The van der Waals surface area contributed by atoms with Crippen molar-refractivity contribution >= 4 is 40.0 Å². The van der Waals surface area contributed by atoms with Crippen LogP contribution >= 0.6 is 24.0 Å². The van der Waals surface area contributed by atoms with Gasteiger partial charge < -0.3 is 15.2 Å². The molecule has 156 valence electrons. The van der Waals surface area contributed by atoms with Crippen molar-refractivity contribution in [1.29, 1.82) is 0 Å². The van der Waals surface area contributed by atoms with E-state index in [1.807, 2.05) is 18.4 Å². The largest absolute Gasteiger partial charge is 0.357 e. The first-order valence-corrected chi connectivity index (χ1v) is 11.1. The van der Waals surface area contributed by atoms with Crippen molar-refractivity contribution in [2.24, 2.45) is 10.9 Å². The van der Waals surface area contributed by atoms with E-state index in [2.05, 4.69) is 30.5 Å². The Bertz CT molecular complexity index is 674. The zero-order valence-corrected chi connectivity index (χ0v) is 19.3. The smallest absolute Gasteiger partial charge is 0.213 e. The molecule has 1 aliphatic rings. The monoisotopic (exact) mass is 513 g/mol. The molecule has 1 aromatic rings. The number of nitrogens with one attached hydrogen (secondary N) is 3. The van der Waals surface area contributed by atoms with Gasteiger partial charge in [-0.25, -0.2) is 13.1 Å². The van der Waals surface area contributed by atoms with Crippen molar-refractivity contribution in [1.82, 2.24) is 30.1 Å². The van der Waals surface area contributed by atoms with Crippen LogP contribution in [0.2, 0.25) is 0 Å². The number of aliphatic imine (C=N–C) groups is 1. The van der Waals surface area contributed by atoms with Gasteiger partial charge in [0.25, 0.3) is 0 Å². The molecular formula is C16H32IN7O2S. The van der Waals surface area contributed by atoms with E-state index in [0.29, 0.717) is 31.5 Å². The lowest BCUT2D eigenvalue weighted by atomic mass is 9.86. The average molecular weight is 513 g/mol. The van der Waals surface area contributed by atoms with Crippen LogP contribution in [0, 0.1) is 5.92 Å². The van der Waals surface area contributed by atoms with Crippen LogP contribution in [0.1, 0.15) is 38.9 Å². The highest BCUT2D eigenvalue weighted by Gasteiger charge is 2.19. The number of halogens is 1. The molecule has 11 heteroatoms. The molecule has 0 radical (unpaired) electrons. The summed E-state index contributed by atoms with van der Waals surface area (Å²) in [5.74, 6) is 2.07. The summed E-state index contributed by atoms with van der Waals surface area (Å²) in [6.45, 7) is 6.89. The van der Waals surface area contributed by atoms with Gasteiger partial charge in [0, 0.05) is 32.6 Å². The highest BCUT2D eigenvalue weighted by Crippen LogP contribution is 2.25. The van der Waals surface area contributed by atoms with E-state index in [1.165, 1.54) is 6.42 Å². The molecule has 0 atom stereocenters. The second-order valence-corrected chi connectivity index (χ2v) is 8.37. The van der Waals surface area contributed by atoms with Gasteiger partial charge in [-0.3, -0.25) is 4.99 Å². The summed E-state index contributed by atoms with van der Waals surface area (Å²) in [6, 6.07) is 0. The van der Waals surface area contributed by atoms with Crippen molar-refractivity contribution in [2.75, 3.05) is 31.9 Å². The van der Waals surface area contributed by atoms with Crippen LogP contribution in [0.25, 0.3) is 0 Å². The van der Waals surface area contributed by atoms with E-state index in [0.717, 1.165) is 31.6 Å². The SMILES string of the molecule is CCNC(=NCCS(=O)(=O)NCC1CCC1)NCCn1cnnc1CC.I. The molecule has 9 nitrogen and oxygen atoms in total. The predicted molar refractivity (Wildman–Crippen MR) is 118 cm³/mol. The number of hydrogen-bond donors (Lipinski definition) is 3. The summed E-state index contributed by atoms with van der Waals surface area (Å²) >= 11 is 0. The lowest BCUT2D eigenvalue weighted by Gasteiger charge is -2.25. The zero-order chi connectivity index (χ0) is 18.8. The minimum atomic E-state index is -3.26. The van der Waals surface area contributed by atoms with Crippen molar-refractivity contribution in [3.8, 4) is 0 Å². The molecule has 1 saturated carbocycles. The molecule has 0 amide bonds. The normalized spacial score (nSPS) is 15.1. The standard InChI is InChI=1S/C16H31N7O2S.HI/c1-3-15-22-20-13-23(15)10-8-18-16(17-4-2)19-9-11-26(24,25)21-12-14-6-5-7-14;/h13-14,21H,3-12H2,1-2H3,(H2,17,18,19);1H. The molecule has 0 saturated heterocycles.